The SMILES string of the molecule is O=C(NCCN1CCOCC1)c1ccc2nn(Cc3ccc(F)cc3)cc2c1. The van der Waals surface area contributed by atoms with Crippen LogP contribution in [-0.4, -0.2) is 60.0 Å². The van der Waals surface area contributed by atoms with E-state index in [1.54, 1.807) is 22.9 Å². The highest BCUT2D eigenvalue weighted by atomic mass is 19.1. The third-order valence-electron chi connectivity index (χ3n) is 4.89. The van der Waals surface area contributed by atoms with Gasteiger partial charge in [0.1, 0.15) is 5.82 Å². The maximum Gasteiger partial charge on any atom is 0.251 e. The number of nitrogens with zero attached hydrogens (tertiary/aromatic N) is 3. The monoisotopic (exact) mass is 382 g/mol. The van der Waals surface area contributed by atoms with Gasteiger partial charge in [-0.3, -0.25) is 14.4 Å². The molecule has 6 nitrogen and oxygen atoms in total. The van der Waals surface area contributed by atoms with Crippen LogP contribution < -0.4 is 5.32 Å². The molecule has 0 saturated carbocycles. The van der Waals surface area contributed by atoms with E-state index < -0.39 is 0 Å². The Kier molecular flexibility index (Phi) is 5.64. The Labute approximate surface area is 162 Å². The van der Waals surface area contributed by atoms with Gasteiger partial charge in [-0.2, -0.15) is 5.10 Å². The van der Waals surface area contributed by atoms with E-state index in [2.05, 4.69) is 15.3 Å². The van der Waals surface area contributed by atoms with Crippen LogP contribution in [0.1, 0.15) is 15.9 Å². The maximum absolute atomic E-state index is 13.0. The van der Waals surface area contributed by atoms with Crippen LogP contribution in [0.4, 0.5) is 4.39 Å². The lowest BCUT2D eigenvalue weighted by molar-refractivity contribution is 0.0383. The van der Waals surface area contributed by atoms with Gasteiger partial charge in [-0.25, -0.2) is 4.39 Å². The Hall–Kier alpha value is -2.77. The fraction of sp³-hybridized carbons (Fsp3) is 0.333. The second-order valence-electron chi connectivity index (χ2n) is 6.94. The summed E-state index contributed by atoms with van der Waals surface area (Å²) in [6, 6.07) is 11.9. The highest BCUT2D eigenvalue weighted by Gasteiger charge is 2.12. The van der Waals surface area contributed by atoms with Gasteiger partial charge < -0.3 is 10.1 Å². The van der Waals surface area contributed by atoms with E-state index >= 15 is 0 Å². The summed E-state index contributed by atoms with van der Waals surface area (Å²) in [5.74, 6) is -0.333. The van der Waals surface area contributed by atoms with Gasteiger partial charge in [0.15, 0.2) is 0 Å². The maximum atomic E-state index is 13.0. The van der Waals surface area contributed by atoms with E-state index in [9.17, 15) is 9.18 Å². The Bertz CT molecular complexity index is 949. The fourth-order valence-corrected chi connectivity index (χ4v) is 3.33. The third kappa shape index (κ3) is 4.55. The molecule has 4 rings (SSSR count). The predicted octanol–water partition coefficient (Wildman–Crippen LogP) is 2.29. The minimum atomic E-state index is -0.251. The number of hydrogen-bond donors (Lipinski definition) is 1. The van der Waals surface area contributed by atoms with E-state index in [4.69, 9.17) is 4.74 Å². The van der Waals surface area contributed by atoms with E-state index in [-0.39, 0.29) is 11.7 Å². The van der Waals surface area contributed by atoms with Crippen LogP contribution in [0, 0.1) is 5.82 Å². The van der Waals surface area contributed by atoms with E-state index in [0.717, 1.165) is 49.3 Å². The van der Waals surface area contributed by atoms with Crippen LogP contribution in [0.15, 0.2) is 48.7 Å². The summed E-state index contributed by atoms with van der Waals surface area (Å²) in [5, 5.41) is 8.41. The summed E-state index contributed by atoms with van der Waals surface area (Å²) in [6.07, 6.45) is 1.91. The molecule has 1 saturated heterocycles. The number of amides is 1. The van der Waals surface area contributed by atoms with Gasteiger partial charge in [0.25, 0.3) is 5.91 Å². The number of benzene rings is 2. The Morgan fingerprint density at radius 2 is 1.93 bits per heavy atom. The van der Waals surface area contributed by atoms with E-state index in [1.165, 1.54) is 12.1 Å². The van der Waals surface area contributed by atoms with Crippen molar-refractivity contribution in [3.8, 4) is 0 Å². The van der Waals surface area contributed by atoms with Crippen LogP contribution in [-0.2, 0) is 11.3 Å². The molecule has 146 valence electrons. The van der Waals surface area contributed by atoms with Crippen LogP contribution in [0.3, 0.4) is 0 Å². The number of carbonyl (C=O) groups is 1. The molecule has 1 aromatic heterocycles. The van der Waals surface area contributed by atoms with E-state index in [1.807, 2.05) is 18.3 Å². The largest absolute Gasteiger partial charge is 0.379 e. The summed E-state index contributed by atoms with van der Waals surface area (Å²) in [5.41, 5.74) is 2.41. The minimum Gasteiger partial charge on any atom is -0.379 e. The van der Waals surface area contributed by atoms with Crippen molar-refractivity contribution in [3.63, 3.8) is 0 Å². The standard InChI is InChI=1S/C21H23FN4O2/c22-19-4-1-16(2-5-19)14-26-15-18-13-17(3-6-20(18)24-26)21(27)23-7-8-25-9-11-28-12-10-25/h1-6,13,15H,7-12,14H2,(H,23,27). The molecule has 1 N–H and O–H groups in total. The number of halogens is 1. The van der Waals surface area contributed by atoms with Gasteiger partial charge in [0, 0.05) is 43.3 Å². The quantitative estimate of drug-likeness (QED) is 0.711. The molecular formula is C21H23FN4O2. The first-order chi connectivity index (χ1) is 13.7. The minimum absolute atomic E-state index is 0.0820. The van der Waals surface area contributed by atoms with Crippen molar-refractivity contribution in [2.24, 2.45) is 0 Å². The van der Waals surface area contributed by atoms with Crippen LogP contribution >= 0.6 is 0 Å². The average molecular weight is 382 g/mol. The lowest BCUT2D eigenvalue weighted by Crippen LogP contribution is -2.41. The number of fused-ring (bicyclic) bond motifs is 1. The van der Waals surface area contributed by atoms with E-state index in [0.29, 0.717) is 18.7 Å². The molecule has 2 aromatic carbocycles. The molecule has 0 unspecified atom stereocenters. The third-order valence-corrected chi connectivity index (χ3v) is 4.89. The zero-order valence-electron chi connectivity index (χ0n) is 15.6. The average Bonchev–Trinajstić information content (AvgIpc) is 3.12. The van der Waals surface area contributed by atoms with Gasteiger partial charge in [-0.15, -0.1) is 0 Å². The van der Waals surface area contributed by atoms with Crippen LogP contribution in [0.2, 0.25) is 0 Å². The molecule has 0 spiro atoms. The molecule has 0 aliphatic carbocycles. The van der Waals surface area contributed by atoms with Gasteiger partial charge >= 0.3 is 0 Å². The smallest absolute Gasteiger partial charge is 0.251 e. The van der Waals surface area contributed by atoms with Crippen LogP contribution in [0.25, 0.3) is 10.9 Å². The first kappa shape index (κ1) is 18.6. The molecule has 2 heterocycles. The molecular weight excluding hydrogens is 359 g/mol. The van der Waals surface area contributed by atoms with Crippen LogP contribution in [0.5, 0.6) is 0 Å². The van der Waals surface area contributed by atoms with Gasteiger partial charge in [-0.05, 0) is 35.9 Å². The number of ether oxygens (including phenoxy) is 1. The molecule has 1 aliphatic heterocycles. The van der Waals surface area contributed by atoms with Crippen molar-refractivity contribution < 1.29 is 13.9 Å². The summed E-state index contributed by atoms with van der Waals surface area (Å²) in [4.78, 5) is 14.7. The molecule has 0 bridgehead atoms. The van der Waals surface area contributed by atoms with Gasteiger partial charge in [-0.1, -0.05) is 12.1 Å². The Morgan fingerprint density at radius 3 is 2.71 bits per heavy atom. The van der Waals surface area contributed by atoms with Gasteiger partial charge in [0.2, 0.25) is 0 Å². The number of rotatable bonds is 6. The molecule has 28 heavy (non-hydrogen) atoms. The van der Waals surface area contributed by atoms with Crippen molar-refractivity contribution in [2.75, 3.05) is 39.4 Å². The summed E-state index contributed by atoms with van der Waals surface area (Å²) in [7, 11) is 0. The number of carbonyl (C=O) groups excluding carboxylic acids is 1. The van der Waals surface area contributed by atoms with Crippen molar-refractivity contribution in [1.82, 2.24) is 20.0 Å². The molecule has 3 aromatic rings. The summed E-state index contributed by atoms with van der Waals surface area (Å²) < 4.78 is 20.2. The van der Waals surface area contributed by atoms with Gasteiger partial charge in [0.05, 0.1) is 25.3 Å². The number of nitrogens with one attached hydrogen (secondary N) is 1. The topological polar surface area (TPSA) is 59.4 Å². The first-order valence-corrected chi connectivity index (χ1v) is 9.47. The van der Waals surface area contributed by atoms with Crippen molar-refractivity contribution in [1.29, 1.82) is 0 Å². The highest BCUT2D eigenvalue weighted by molar-refractivity contribution is 5.97. The fourth-order valence-electron chi connectivity index (χ4n) is 3.33. The first-order valence-electron chi connectivity index (χ1n) is 9.47. The zero-order valence-corrected chi connectivity index (χ0v) is 15.6. The second kappa shape index (κ2) is 8.50. The lowest BCUT2D eigenvalue weighted by atomic mass is 10.1. The number of aromatic nitrogens is 2. The number of hydrogen-bond acceptors (Lipinski definition) is 4. The summed E-state index contributed by atoms with van der Waals surface area (Å²) in [6.45, 7) is 5.33. The molecule has 0 radical (unpaired) electrons. The second-order valence-corrected chi connectivity index (χ2v) is 6.94. The Balaban J connectivity index is 1.38. The number of morpholine rings is 1. The molecule has 0 atom stereocenters. The lowest BCUT2D eigenvalue weighted by Gasteiger charge is -2.26. The predicted molar refractivity (Wildman–Crippen MR) is 105 cm³/mol. The molecule has 1 aliphatic rings. The molecule has 1 fully saturated rings. The molecule has 7 heteroatoms. The van der Waals surface area contributed by atoms with Crippen molar-refractivity contribution >= 4 is 16.8 Å². The summed E-state index contributed by atoms with van der Waals surface area (Å²) >= 11 is 0. The zero-order chi connectivity index (χ0) is 19.3. The normalized spacial score (nSPS) is 15.0. The Morgan fingerprint density at radius 1 is 1.14 bits per heavy atom. The van der Waals surface area contributed by atoms with Crippen molar-refractivity contribution in [2.45, 2.75) is 6.54 Å². The van der Waals surface area contributed by atoms with Crippen molar-refractivity contribution in [3.05, 3.63) is 65.6 Å². The highest BCUT2D eigenvalue weighted by Crippen LogP contribution is 2.16. The molecule has 1 amide bonds.